The Bertz CT molecular complexity index is 576. The van der Waals surface area contributed by atoms with Crippen LogP contribution in [0.4, 0.5) is 0 Å². The van der Waals surface area contributed by atoms with E-state index in [0.29, 0.717) is 0 Å². The van der Waals surface area contributed by atoms with E-state index in [1.54, 1.807) is 0 Å². The molecule has 1 aliphatic heterocycles. The largest absolute Gasteiger partial charge is 0.468 e. The Morgan fingerprint density at radius 3 is 2.90 bits per heavy atom. The average Bonchev–Trinajstić information content (AvgIpc) is 2.83. The lowest BCUT2D eigenvalue weighted by Crippen LogP contribution is -2.23. The number of rotatable bonds is 5. The standard InChI is InChI=1S/C18H24N2O/c1-2-19-12-16-9-11-21-18(16)14-20-10-5-8-15-6-3-4-7-17(15)13-20/h3-4,6-7,9,11,19H,2,5,8,10,12-14H2,1H3. The first-order valence-electron chi connectivity index (χ1n) is 7.92. The second-order valence-electron chi connectivity index (χ2n) is 5.73. The Balaban J connectivity index is 1.69. The van der Waals surface area contributed by atoms with Gasteiger partial charge >= 0.3 is 0 Å². The van der Waals surface area contributed by atoms with Gasteiger partial charge in [-0.15, -0.1) is 0 Å². The summed E-state index contributed by atoms with van der Waals surface area (Å²) >= 11 is 0. The molecule has 1 aliphatic rings. The Morgan fingerprint density at radius 2 is 2.05 bits per heavy atom. The molecule has 2 heterocycles. The number of hydrogen-bond acceptors (Lipinski definition) is 3. The normalized spacial score (nSPS) is 15.7. The van der Waals surface area contributed by atoms with Crippen LogP contribution in [0.5, 0.6) is 0 Å². The van der Waals surface area contributed by atoms with E-state index < -0.39 is 0 Å². The van der Waals surface area contributed by atoms with E-state index in [9.17, 15) is 0 Å². The summed E-state index contributed by atoms with van der Waals surface area (Å²) < 4.78 is 5.71. The summed E-state index contributed by atoms with van der Waals surface area (Å²) in [6.07, 6.45) is 4.23. The van der Waals surface area contributed by atoms with E-state index in [-0.39, 0.29) is 0 Å². The highest BCUT2D eigenvalue weighted by atomic mass is 16.3. The van der Waals surface area contributed by atoms with Gasteiger partial charge in [0.25, 0.3) is 0 Å². The predicted molar refractivity (Wildman–Crippen MR) is 85.0 cm³/mol. The molecule has 1 aromatic heterocycles. The Morgan fingerprint density at radius 1 is 1.19 bits per heavy atom. The van der Waals surface area contributed by atoms with Crippen molar-refractivity contribution in [1.82, 2.24) is 10.2 Å². The van der Waals surface area contributed by atoms with E-state index in [2.05, 4.69) is 47.5 Å². The number of benzene rings is 1. The third-order valence-corrected chi connectivity index (χ3v) is 4.20. The van der Waals surface area contributed by atoms with E-state index in [4.69, 9.17) is 4.42 Å². The summed E-state index contributed by atoms with van der Waals surface area (Å²) in [6, 6.07) is 10.9. The van der Waals surface area contributed by atoms with Crippen molar-refractivity contribution in [3.05, 3.63) is 59.0 Å². The molecule has 3 nitrogen and oxygen atoms in total. The maximum Gasteiger partial charge on any atom is 0.122 e. The van der Waals surface area contributed by atoms with E-state index in [1.807, 2.05) is 6.26 Å². The van der Waals surface area contributed by atoms with Gasteiger partial charge in [0.1, 0.15) is 5.76 Å². The molecule has 0 radical (unpaired) electrons. The molecular weight excluding hydrogens is 260 g/mol. The van der Waals surface area contributed by atoms with Crippen LogP contribution in [0.25, 0.3) is 0 Å². The molecule has 0 atom stereocenters. The first-order chi connectivity index (χ1) is 10.4. The second kappa shape index (κ2) is 6.92. The van der Waals surface area contributed by atoms with Crippen molar-refractivity contribution in [2.24, 2.45) is 0 Å². The molecule has 0 spiro atoms. The maximum atomic E-state index is 5.71. The van der Waals surface area contributed by atoms with Gasteiger partial charge < -0.3 is 9.73 Å². The van der Waals surface area contributed by atoms with Gasteiger partial charge in [-0.3, -0.25) is 4.90 Å². The minimum atomic E-state index is 0.896. The minimum absolute atomic E-state index is 0.896. The Hall–Kier alpha value is -1.58. The number of fused-ring (bicyclic) bond motifs is 1. The van der Waals surface area contributed by atoms with Crippen LogP contribution >= 0.6 is 0 Å². The van der Waals surface area contributed by atoms with Crippen LogP contribution in [0.15, 0.2) is 41.0 Å². The summed E-state index contributed by atoms with van der Waals surface area (Å²) in [5.41, 5.74) is 4.26. The fourth-order valence-electron chi connectivity index (χ4n) is 3.03. The van der Waals surface area contributed by atoms with Gasteiger partial charge in [0, 0.05) is 18.7 Å². The molecule has 1 N–H and O–H groups in total. The van der Waals surface area contributed by atoms with Gasteiger partial charge in [0.05, 0.1) is 12.8 Å². The molecule has 112 valence electrons. The fourth-order valence-corrected chi connectivity index (χ4v) is 3.03. The molecular formula is C18H24N2O. The molecule has 0 aliphatic carbocycles. The predicted octanol–water partition coefficient (Wildman–Crippen LogP) is 3.34. The number of furan rings is 1. The van der Waals surface area contributed by atoms with Gasteiger partial charge in [-0.05, 0) is 43.1 Å². The Labute approximate surface area is 127 Å². The molecule has 0 saturated carbocycles. The van der Waals surface area contributed by atoms with Gasteiger partial charge in [-0.25, -0.2) is 0 Å². The van der Waals surface area contributed by atoms with Crippen molar-refractivity contribution in [2.45, 2.75) is 39.4 Å². The van der Waals surface area contributed by atoms with Gasteiger partial charge in [-0.1, -0.05) is 31.2 Å². The molecule has 0 unspecified atom stereocenters. The van der Waals surface area contributed by atoms with E-state index in [0.717, 1.165) is 38.5 Å². The maximum absolute atomic E-state index is 5.71. The van der Waals surface area contributed by atoms with Crippen LogP contribution in [0.2, 0.25) is 0 Å². The van der Waals surface area contributed by atoms with E-state index >= 15 is 0 Å². The second-order valence-corrected chi connectivity index (χ2v) is 5.73. The third-order valence-electron chi connectivity index (χ3n) is 4.20. The zero-order valence-corrected chi connectivity index (χ0v) is 12.8. The highest BCUT2D eigenvalue weighted by Gasteiger charge is 2.16. The minimum Gasteiger partial charge on any atom is -0.468 e. The highest BCUT2D eigenvalue weighted by molar-refractivity contribution is 5.28. The smallest absolute Gasteiger partial charge is 0.122 e. The first kappa shape index (κ1) is 14.4. The molecule has 0 fully saturated rings. The highest BCUT2D eigenvalue weighted by Crippen LogP contribution is 2.21. The van der Waals surface area contributed by atoms with Gasteiger partial charge in [-0.2, -0.15) is 0 Å². The molecule has 0 bridgehead atoms. The number of nitrogens with one attached hydrogen (secondary N) is 1. The van der Waals surface area contributed by atoms with Crippen molar-refractivity contribution in [1.29, 1.82) is 0 Å². The van der Waals surface area contributed by atoms with Crippen LogP contribution < -0.4 is 5.32 Å². The third kappa shape index (κ3) is 3.55. The van der Waals surface area contributed by atoms with Crippen molar-refractivity contribution in [3.63, 3.8) is 0 Å². The summed E-state index contributed by atoms with van der Waals surface area (Å²) in [5, 5.41) is 3.38. The van der Waals surface area contributed by atoms with E-state index in [1.165, 1.54) is 29.5 Å². The monoisotopic (exact) mass is 284 g/mol. The molecule has 0 amide bonds. The average molecular weight is 284 g/mol. The lowest BCUT2D eigenvalue weighted by Gasteiger charge is -2.20. The number of nitrogens with zero attached hydrogens (tertiary/aromatic N) is 1. The van der Waals surface area contributed by atoms with Crippen molar-refractivity contribution in [3.8, 4) is 0 Å². The zero-order valence-electron chi connectivity index (χ0n) is 12.8. The molecule has 2 aromatic rings. The fraction of sp³-hybridized carbons (Fsp3) is 0.444. The zero-order chi connectivity index (χ0) is 14.5. The SMILES string of the molecule is CCNCc1ccoc1CN1CCCc2ccccc2C1. The summed E-state index contributed by atoms with van der Waals surface area (Å²) in [7, 11) is 0. The quantitative estimate of drug-likeness (QED) is 0.913. The lowest BCUT2D eigenvalue weighted by atomic mass is 10.0. The molecule has 3 heteroatoms. The molecule has 3 rings (SSSR count). The molecule has 1 aromatic carbocycles. The molecule has 21 heavy (non-hydrogen) atoms. The van der Waals surface area contributed by atoms with Crippen LogP contribution in [-0.2, 0) is 26.1 Å². The van der Waals surface area contributed by atoms with Gasteiger partial charge in [0.2, 0.25) is 0 Å². The summed E-state index contributed by atoms with van der Waals surface area (Å²) in [4.78, 5) is 2.50. The van der Waals surface area contributed by atoms with Crippen molar-refractivity contribution in [2.75, 3.05) is 13.1 Å². The summed E-state index contributed by atoms with van der Waals surface area (Å²) in [6.45, 7) is 7.08. The van der Waals surface area contributed by atoms with Crippen LogP contribution in [-0.4, -0.2) is 18.0 Å². The topological polar surface area (TPSA) is 28.4 Å². The number of aryl methyl sites for hydroxylation is 1. The van der Waals surface area contributed by atoms with Crippen LogP contribution in [0.3, 0.4) is 0 Å². The lowest BCUT2D eigenvalue weighted by molar-refractivity contribution is 0.237. The van der Waals surface area contributed by atoms with Gasteiger partial charge in [0.15, 0.2) is 0 Å². The summed E-state index contributed by atoms with van der Waals surface area (Å²) in [5.74, 6) is 1.11. The van der Waals surface area contributed by atoms with Crippen molar-refractivity contribution >= 4 is 0 Å². The van der Waals surface area contributed by atoms with Crippen molar-refractivity contribution < 1.29 is 4.42 Å². The first-order valence-corrected chi connectivity index (χ1v) is 7.92. The number of hydrogen-bond donors (Lipinski definition) is 1. The Kier molecular flexibility index (Phi) is 4.73. The molecule has 0 saturated heterocycles. The van der Waals surface area contributed by atoms with Crippen LogP contribution in [0, 0.1) is 0 Å². The van der Waals surface area contributed by atoms with Crippen LogP contribution in [0.1, 0.15) is 35.8 Å².